The minimum absolute atomic E-state index is 0.690. The van der Waals surface area contributed by atoms with Crippen molar-refractivity contribution in [1.29, 1.82) is 0 Å². The topological polar surface area (TPSA) is 68.4 Å². The van der Waals surface area contributed by atoms with Crippen LogP contribution in [-0.2, 0) is 0 Å². The van der Waals surface area contributed by atoms with Gasteiger partial charge in [-0.05, 0) is 18.2 Å². The number of hydrogen-bond acceptors (Lipinski definition) is 4. The third-order valence-corrected chi connectivity index (χ3v) is 2.49. The molecule has 0 fully saturated rings. The van der Waals surface area contributed by atoms with Gasteiger partial charge in [0.25, 0.3) is 0 Å². The van der Waals surface area contributed by atoms with Gasteiger partial charge in [0.2, 0.25) is 0 Å². The molecule has 1 aromatic carbocycles. The van der Waals surface area contributed by atoms with Crippen LogP contribution >= 0.6 is 0 Å². The van der Waals surface area contributed by atoms with Crippen molar-refractivity contribution in [2.24, 2.45) is 0 Å². The molecule has 2 aromatic rings. The van der Waals surface area contributed by atoms with Crippen LogP contribution in [0.25, 0.3) is 11.1 Å². The van der Waals surface area contributed by atoms with Gasteiger partial charge < -0.3 is 20.8 Å². The molecule has 0 bridgehead atoms. The van der Waals surface area contributed by atoms with Crippen molar-refractivity contribution in [2.45, 2.75) is 0 Å². The first kappa shape index (κ1) is 10.4. The number of nitrogens with zero attached hydrogens (tertiary/aromatic N) is 1. The molecule has 0 spiro atoms. The Kier molecular flexibility index (Phi) is 2.48. The molecule has 0 saturated carbocycles. The lowest BCUT2D eigenvalue weighted by Gasteiger charge is -2.13. The molecule has 84 valence electrons. The average Bonchev–Trinajstić information content (AvgIpc) is 2.70. The van der Waals surface area contributed by atoms with E-state index in [9.17, 15) is 0 Å². The number of anilines is 3. The summed E-state index contributed by atoms with van der Waals surface area (Å²) >= 11 is 0. The Balaban J connectivity index is 2.58. The van der Waals surface area contributed by atoms with E-state index in [-0.39, 0.29) is 0 Å². The Morgan fingerprint density at radius 2 is 1.81 bits per heavy atom. The number of rotatable bonds is 2. The van der Waals surface area contributed by atoms with E-state index in [0.717, 1.165) is 16.8 Å². The van der Waals surface area contributed by atoms with E-state index in [1.54, 1.807) is 24.7 Å². The van der Waals surface area contributed by atoms with Crippen LogP contribution in [0.1, 0.15) is 0 Å². The minimum Gasteiger partial charge on any atom is -0.470 e. The van der Waals surface area contributed by atoms with Gasteiger partial charge in [0.1, 0.15) is 12.5 Å². The molecule has 1 aromatic heterocycles. The highest BCUT2D eigenvalue weighted by Gasteiger charge is 2.12. The first-order chi connectivity index (χ1) is 7.59. The fraction of sp³-hybridized carbons (Fsp3) is 0.167. The van der Waals surface area contributed by atoms with E-state index < -0.39 is 0 Å². The van der Waals surface area contributed by atoms with Crippen molar-refractivity contribution < 1.29 is 4.42 Å². The van der Waals surface area contributed by atoms with Crippen LogP contribution in [0.4, 0.5) is 17.1 Å². The summed E-state index contributed by atoms with van der Waals surface area (Å²) in [5.74, 6) is 0. The Bertz CT molecular complexity index is 503. The number of hydrogen-bond donors (Lipinski definition) is 2. The van der Waals surface area contributed by atoms with E-state index in [4.69, 9.17) is 15.9 Å². The molecule has 4 nitrogen and oxygen atoms in total. The Morgan fingerprint density at radius 1 is 1.06 bits per heavy atom. The first-order valence-corrected chi connectivity index (χ1v) is 4.98. The Labute approximate surface area is 94.5 Å². The third-order valence-electron chi connectivity index (χ3n) is 2.49. The van der Waals surface area contributed by atoms with Gasteiger partial charge in [-0.15, -0.1) is 0 Å². The molecule has 4 N–H and O–H groups in total. The molecule has 0 amide bonds. The maximum atomic E-state index is 5.93. The maximum Gasteiger partial charge on any atom is 0.114 e. The molecule has 0 atom stereocenters. The van der Waals surface area contributed by atoms with Gasteiger partial charge in [-0.2, -0.15) is 0 Å². The summed E-state index contributed by atoms with van der Waals surface area (Å²) in [6.45, 7) is 0. The fourth-order valence-corrected chi connectivity index (χ4v) is 1.65. The molecule has 0 aliphatic heterocycles. The van der Waals surface area contributed by atoms with Crippen molar-refractivity contribution in [2.75, 3.05) is 30.5 Å². The van der Waals surface area contributed by atoms with Gasteiger partial charge in [0.15, 0.2) is 0 Å². The van der Waals surface area contributed by atoms with E-state index in [1.165, 1.54) is 0 Å². The predicted octanol–water partition coefficient (Wildman–Crippen LogP) is 2.18. The second kappa shape index (κ2) is 3.81. The second-order valence-corrected chi connectivity index (χ2v) is 3.91. The van der Waals surface area contributed by atoms with Gasteiger partial charge in [-0.25, -0.2) is 0 Å². The number of benzene rings is 1. The normalized spacial score (nSPS) is 10.4. The summed E-state index contributed by atoms with van der Waals surface area (Å²) in [6, 6.07) is 5.44. The van der Waals surface area contributed by atoms with Gasteiger partial charge in [0, 0.05) is 36.6 Å². The molecule has 4 heteroatoms. The quantitative estimate of drug-likeness (QED) is 0.756. The molecular weight excluding hydrogens is 202 g/mol. The number of nitrogens with two attached hydrogens (primary N) is 2. The summed E-state index contributed by atoms with van der Waals surface area (Å²) < 4.78 is 5.22. The predicted molar refractivity (Wildman–Crippen MR) is 67.3 cm³/mol. The zero-order valence-electron chi connectivity index (χ0n) is 9.40. The van der Waals surface area contributed by atoms with Crippen molar-refractivity contribution in [3.8, 4) is 11.1 Å². The summed E-state index contributed by atoms with van der Waals surface area (Å²) in [4.78, 5) is 1.97. The largest absolute Gasteiger partial charge is 0.470 e. The average molecular weight is 217 g/mol. The zero-order valence-corrected chi connectivity index (χ0v) is 9.40. The van der Waals surface area contributed by atoms with E-state index in [0.29, 0.717) is 11.4 Å². The van der Waals surface area contributed by atoms with E-state index in [2.05, 4.69) is 0 Å². The molecular formula is C12H15N3O. The molecule has 16 heavy (non-hydrogen) atoms. The summed E-state index contributed by atoms with van der Waals surface area (Å²) in [5, 5.41) is 0. The Morgan fingerprint density at radius 3 is 2.50 bits per heavy atom. The maximum absolute atomic E-state index is 5.93. The molecule has 2 rings (SSSR count). The number of furan rings is 1. The highest BCUT2D eigenvalue weighted by atomic mass is 16.3. The van der Waals surface area contributed by atoms with Gasteiger partial charge in [-0.3, -0.25) is 0 Å². The van der Waals surface area contributed by atoms with Crippen molar-refractivity contribution in [3.05, 3.63) is 30.7 Å². The lowest BCUT2D eigenvalue weighted by atomic mass is 10.0. The van der Waals surface area contributed by atoms with Gasteiger partial charge >= 0.3 is 0 Å². The van der Waals surface area contributed by atoms with Crippen molar-refractivity contribution in [3.63, 3.8) is 0 Å². The van der Waals surface area contributed by atoms with Crippen LogP contribution in [0.5, 0.6) is 0 Å². The van der Waals surface area contributed by atoms with Gasteiger partial charge in [0.05, 0.1) is 5.69 Å². The SMILES string of the molecule is CN(C)c1cocc1-c1cc(N)ccc1N. The second-order valence-electron chi connectivity index (χ2n) is 3.91. The monoisotopic (exact) mass is 217 g/mol. The van der Waals surface area contributed by atoms with Crippen LogP contribution in [-0.4, -0.2) is 14.1 Å². The van der Waals surface area contributed by atoms with Crippen LogP contribution in [0.15, 0.2) is 35.1 Å². The van der Waals surface area contributed by atoms with Gasteiger partial charge in [-0.1, -0.05) is 0 Å². The van der Waals surface area contributed by atoms with Crippen LogP contribution in [0.2, 0.25) is 0 Å². The Hall–Kier alpha value is -2.10. The molecule has 1 heterocycles. The lowest BCUT2D eigenvalue weighted by molar-refractivity contribution is 0.568. The van der Waals surface area contributed by atoms with Crippen LogP contribution in [0.3, 0.4) is 0 Å². The third kappa shape index (κ3) is 1.69. The van der Waals surface area contributed by atoms with Crippen molar-refractivity contribution in [1.82, 2.24) is 0 Å². The standard InChI is InChI=1S/C12H15N3O/c1-15(2)12-7-16-6-10(12)9-5-8(13)3-4-11(9)14/h3-7H,13-14H2,1-2H3. The van der Waals surface area contributed by atoms with Crippen molar-refractivity contribution >= 4 is 17.1 Å². The summed E-state index contributed by atoms with van der Waals surface area (Å²) in [7, 11) is 3.91. The first-order valence-electron chi connectivity index (χ1n) is 4.98. The molecule has 0 unspecified atom stereocenters. The minimum atomic E-state index is 0.690. The summed E-state index contributed by atoms with van der Waals surface area (Å²) in [6.07, 6.45) is 3.37. The zero-order chi connectivity index (χ0) is 11.7. The fourth-order valence-electron chi connectivity index (χ4n) is 1.65. The smallest absolute Gasteiger partial charge is 0.114 e. The van der Waals surface area contributed by atoms with E-state index in [1.807, 2.05) is 25.1 Å². The lowest BCUT2D eigenvalue weighted by Crippen LogP contribution is -2.08. The molecule has 0 aliphatic carbocycles. The molecule has 0 saturated heterocycles. The van der Waals surface area contributed by atoms with Crippen LogP contribution < -0.4 is 16.4 Å². The summed E-state index contributed by atoms with van der Waals surface area (Å²) in [5.41, 5.74) is 15.9. The van der Waals surface area contributed by atoms with E-state index >= 15 is 0 Å². The molecule has 0 radical (unpaired) electrons. The highest BCUT2D eigenvalue weighted by Crippen LogP contribution is 2.35. The highest BCUT2D eigenvalue weighted by molar-refractivity contribution is 5.86. The molecule has 0 aliphatic rings. The number of nitrogen functional groups attached to an aromatic ring is 2. The van der Waals surface area contributed by atoms with Crippen LogP contribution in [0, 0.1) is 0 Å².